The SMILES string of the molecule is CC(O)c1cc(Br)cc2c1NC(=O)CC2. The van der Waals surface area contributed by atoms with Crippen LogP contribution in [0, 0.1) is 0 Å². The summed E-state index contributed by atoms with van der Waals surface area (Å²) in [5.74, 6) is 0.0201. The van der Waals surface area contributed by atoms with Crippen molar-refractivity contribution >= 4 is 27.5 Å². The number of hydrogen-bond acceptors (Lipinski definition) is 2. The van der Waals surface area contributed by atoms with E-state index in [1.165, 1.54) is 0 Å². The molecular weight excluding hydrogens is 258 g/mol. The average molecular weight is 270 g/mol. The van der Waals surface area contributed by atoms with Gasteiger partial charge in [0.25, 0.3) is 0 Å². The van der Waals surface area contributed by atoms with Crippen LogP contribution in [0.4, 0.5) is 5.69 Å². The number of fused-ring (bicyclic) bond motifs is 1. The van der Waals surface area contributed by atoms with Crippen molar-refractivity contribution in [2.75, 3.05) is 5.32 Å². The Morgan fingerprint density at radius 3 is 2.87 bits per heavy atom. The molecule has 0 saturated carbocycles. The Hall–Kier alpha value is -0.870. The predicted octanol–water partition coefficient (Wildman–Crippen LogP) is 2.39. The van der Waals surface area contributed by atoms with E-state index in [0.29, 0.717) is 6.42 Å². The van der Waals surface area contributed by atoms with Crippen molar-refractivity contribution in [3.8, 4) is 0 Å². The van der Waals surface area contributed by atoms with E-state index in [9.17, 15) is 9.90 Å². The van der Waals surface area contributed by atoms with Gasteiger partial charge in [-0.15, -0.1) is 0 Å². The third-order valence-corrected chi connectivity index (χ3v) is 3.01. The zero-order valence-electron chi connectivity index (χ0n) is 8.38. The Balaban J connectivity index is 2.55. The number of carbonyl (C=O) groups is 1. The number of carbonyl (C=O) groups excluding carboxylic acids is 1. The van der Waals surface area contributed by atoms with Gasteiger partial charge in [0.15, 0.2) is 0 Å². The number of aliphatic hydroxyl groups is 1. The van der Waals surface area contributed by atoms with Crippen LogP contribution in [0.5, 0.6) is 0 Å². The lowest BCUT2D eigenvalue weighted by molar-refractivity contribution is -0.116. The summed E-state index contributed by atoms with van der Waals surface area (Å²) in [6.07, 6.45) is 0.679. The molecule has 80 valence electrons. The van der Waals surface area contributed by atoms with E-state index in [2.05, 4.69) is 21.2 Å². The van der Waals surface area contributed by atoms with Gasteiger partial charge in [-0.05, 0) is 31.0 Å². The lowest BCUT2D eigenvalue weighted by Gasteiger charge is -2.22. The fourth-order valence-corrected chi connectivity index (χ4v) is 2.34. The maximum absolute atomic E-state index is 11.3. The number of halogens is 1. The van der Waals surface area contributed by atoms with E-state index >= 15 is 0 Å². The zero-order chi connectivity index (χ0) is 11.0. The minimum absolute atomic E-state index is 0.0201. The molecule has 0 bridgehead atoms. The van der Waals surface area contributed by atoms with E-state index < -0.39 is 6.10 Å². The lowest BCUT2D eigenvalue weighted by atomic mass is 9.97. The highest BCUT2D eigenvalue weighted by molar-refractivity contribution is 9.10. The van der Waals surface area contributed by atoms with Crippen LogP contribution < -0.4 is 5.32 Å². The Morgan fingerprint density at radius 1 is 1.47 bits per heavy atom. The van der Waals surface area contributed by atoms with E-state index in [1.807, 2.05) is 12.1 Å². The summed E-state index contributed by atoms with van der Waals surface area (Å²) in [6.45, 7) is 1.70. The third-order valence-electron chi connectivity index (χ3n) is 2.55. The average Bonchev–Trinajstić information content (AvgIpc) is 2.17. The van der Waals surface area contributed by atoms with Crippen molar-refractivity contribution in [2.45, 2.75) is 25.9 Å². The summed E-state index contributed by atoms with van der Waals surface area (Å²) in [4.78, 5) is 11.3. The summed E-state index contributed by atoms with van der Waals surface area (Å²) < 4.78 is 0.938. The standard InChI is InChI=1S/C11H12BrNO2/c1-6(14)9-5-8(12)4-7-2-3-10(15)13-11(7)9/h4-6,14H,2-3H2,1H3,(H,13,15). The van der Waals surface area contributed by atoms with E-state index in [-0.39, 0.29) is 5.91 Å². The van der Waals surface area contributed by atoms with E-state index in [0.717, 1.165) is 27.7 Å². The second kappa shape index (κ2) is 3.94. The third kappa shape index (κ3) is 2.06. The second-order valence-electron chi connectivity index (χ2n) is 3.75. The van der Waals surface area contributed by atoms with Crippen molar-refractivity contribution in [1.82, 2.24) is 0 Å². The first-order valence-electron chi connectivity index (χ1n) is 4.88. The van der Waals surface area contributed by atoms with Gasteiger partial charge in [-0.3, -0.25) is 4.79 Å². The fourth-order valence-electron chi connectivity index (χ4n) is 1.82. The van der Waals surface area contributed by atoms with Crippen molar-refractivity contribution in [3.05, 3.63) is 27.7 Å². The molecule has 1 amide bonds. The molecule has 0 spiro atoms. The fraction of sp³-hybridized carbons (Fsp3) is 0.364. The smallest absolute Gasteiger partial charge is 0.224 e. The molecule has 0 fully saturated rings. The van der Waals surface area contributed by atoms with Gasteiger partial charge in [-0.25, -0.2) is 0 Å². The molecule has 0 radical (unpaired) electrons. The first kappa shape index (κ1) is 10.6. The van der Waals surface area contributed by atoms with Gasteiger partial charge < -0.3 is 10.4 Å². The summed E-state index contributed by atoms with van der Waals surface area (Å²) in [6, 6.07) is 3.83. The molecule has 3 nitrogen and oxygen atoms in total. The van der Waals surface area contributed by atoms with E-state index in [1.54, 1.807) is 6.92 Å². The van der Waals surface area contributed by atoms with Crippen molar-refractivity contribution in [3.63, 3.8) is 0 Å². The van der Waals surface area contributed by atoms with Crippen LogP contribution in [-0.2, 0) is 11.2 Å². The monoisotopic (exact) mass is 269 g/mol. The summed E-state index contributed by atoms with van der Waals surface area (Å²) in [7, 11) is 0. The van der Waals surface area contributed by atoms with Crippen LogP contribution in [0.1, 0.15) is 30.6 Å². The first-order valence-corrected chi connectivity index (χ1v) is 5.67. The minimum Gasteiger partial charge on any atom is -0.389 e. The number of aryl methyl sites for hydroxylation is 1. The van der Waals surface area contributed by atoms with Gasteiger partial charge in [0, 0.05) is 22.1 Å². The molecular formula is C11H12BrNO2. The van der Waals surface area contributed by atoms with Gasteiger partial charge >= 0.3 is 0 Å². The molecule has 0 saturated heterocycles. The topological polar surface area (TPSA) is 49.3 Å². The molecule has 2 N–H and O–H groups in total. The Kier molecular flexibility index (Phi) is 2.80. The molecule has 1 unspecified atom stereocenters. The number of hydrogen-bond donors (Lipinski definition) is 2. The molecule has 1 aliphatic heterocycles. The number of anilines is 1. The number of aliphatic hydroxyl groups excluding tert-OH is 1. The van der Waals surface area contributed by atoms with Gasteiger partial charge in [0.2, 0.25) is 5.91 Å². The molecule has 1 aromatic rings. The molecule has 4 heteroatoms. The van der Waals surface area contributed by atoms with Crippen molar-refractivity contribution < 1.29 is 9.90 Å². The Bertz CT molecular complexity index is 415. The maximum atomic E-state index is 11.3. The summed E-state index contributed by atoms with van der Waals surface area (Å²) in [5, 5.41) is 12.4. The molecule has 1 atom stereocenters. The van der Waals surface area contributed by atoms with Crippen LogP contribution in [0.3, 0.4) is 0 Å². The first-order chi connectivity index (χ1) is 7.08. The molecule has 1 aromatic carbocycles. The Morgan fingerprint density at radius 2 is 2.20 bits per heavy atom. The normalized spacial score (nSPS) is 16.9. The molecule has 1 aliphatic rings. The molecule has 2 rings (SSSR count). The van der Waals surface area contributed by atoms with E-state index in [4.69, 9.17) is 0 Å². The number of benzene rings is 1. The zero-order valence-corrected chi connectivity index (χ0v) is 9.97. The number of amides is 1. The van der Waals surface area contributed by atoms with Gasteiger partial charge in [0.1, 0.15) is 0 Å². The van der Waals surface area contributed by atoms with Crippen LogP contribution in [0.2, 0.25) is 0 Å². The van der Waals surface area contributed by atoms with Crippen molar-refractivity contribution in [2.24, 2.45) is 0 Å². The van der Waals surface area contributed by atoms with Crippen LogP contribution in [0.15, 0.2) is 16.6 Å². The van der Waals surface area contributed by atoms with Gasteiger partial charge in [-0.1, -0.05) is 15.9 Å². The number of rotatable bonds is 1. The van der Waals surface area contributed by atoms with Crippen LogP contribution in [-0.4, -0.2) is 11.0 Å². The highest BCUT2D eigenvalue weighted by atomic mass is 79.9. The van der Waals surface area contributed by atoms with Crippen LogP contribution >= 0.6 is 15.9 Å². The van der Waals surface area contributed by atoms with Crippen LogP contribution in [0.25, 0.3) is 0 Å². The number of nitrogens with one attached hydrogen (secondary N) is 1. The van der Waals surface area contributed by atoms with Crippen molar-refractivity contribution in [1.29, 1.82) is 0 Å². The predicted molar refractivity (Wildman–Crippen MR) is 61.7 cm³/mol. The molecule has 1 heterocycles. The van der Waals surface area contributed by atoms with Gasteiger partial charge in [0.05, 0.1) is 6.10 Å². The lowest BCUT2D eigenvalue weighted by Crippen LogP contribution is -2.21. The molecule has 0 aromatic heterocycles. The maximum Gasteiger partial charge on any atom is 0.224 e. The second-order valence-corrected chi connectivity index (χ2v) is 4.67. The highest BCUT2D eigenvalue weighted by Gasteiger charge is 2.20. The largest absolute Gasteiger partial charge is 0.389 e. The highest BCUT2D eigenvalue weighted by Crippen LogP contribution is 2.33. The molecule has 0 aliphatic carbocycles. The van der Waals surface area contributed by atoms with Gasteiger partial charge in [-0.2, -0.15) is 0 Å². The molecule has 15 heavy (non-hydrogen) atoms. The summed E-state index contributed by atoms with van der Waals surface area (Å²) >= 11 is 3.40. The summed E-state index contributed by atoms with van der Waals surface area (Å²) in [5.41, 5.74) is 2.64. The Labute approximate surface area is 96.6 Å². The minimum atomic E-state index is -0.574. The quantitative estimate of drug-likeness (QED) is 0.823.